The van der Waals surface area contributed by atoms with Crippen LogP contribution in [0.5, 0.6) is 5.75 Å². The molecule has 0 bridgehead atoms. The lowest BCUT2D eigenvalue weighted by molar-refractivity contribution is 0.0955. The number of phenolic OH excluding ortho intramolecular Hbond substituents is 1. The molecule has 31 heavy (non-hydrogen) atoms. The molecule has 7 nitrogen and oxygen atoms in total. The highest BCUT2D eigenvalue weighted by Gasteiger charge is 2.32. The van der Waals surface area contributed by atoms with Gasteiger partial charge in [0.2, 0.25) is 0 Å². The second-order valence-electron chi connectivity index (χ2n) is 7.58. The third-order valence-electron chi connectivity index (χ3n) is 5.61. The Morgan fingerprint density at radius 1 is 1.16 bits per heavy atom. The van der Waals surface area contributed by atoms with E-state index in [1.807, 2.05) is 30.3 Å². The average Bonchev–Trinajstić information content (AvgIpc) is 3.13. The van der Waals surface area contributed by atoms with Crippen molar-refractivity contribution in [2.75, 3.05) is 7.11 Å². The molecule has 1 aliphatic carbocycles. The van der Waals surface area contributed by atoms with Crippen LogP contribution in [0.2, 0.25) is 5.02 Å². The maximum absolute atomic E-state index is 12.9. The minimum absolute atomic E-state index is 0.114. The molecule has 1 atom stereocenters. The molecular weight excluding hydrogens is 416 g/mol. The van der Waals surface area contributed by atoms with Crippen molar-refractivity contribution in [1.29, 1.82) is 0 Å². The Kier molecular flexibility index (Phi) is 4.92. The summed E-state index contributed by atoms with van der Waals surface area (Å²) < 4.78 is 7.06. The first-order valence-electron chi connectivity index (χ1n) is 9.90. The number of carbonyl (C=O) groups is 1. The van der Waals surface area contributed by atoms with E-state index in [4.69, 9.17) is 21.4 Å². The van der Waals surface area contributed by atoms with Gasteiger partial charge in [0.25, 0.3) is 0 Å². The summed E-state index contributed by atoms with van der Waals surface area (Å²) in [5, 5.41) is 24.3. The third kappa shape index (κ3) is 3.36. The van der Waals surface area contributed by atoms with Crippen molar-refractivity contribution >= 4 is 23.0 Å². The molecule has 2 heterocycles. The molecule has 2 aromatic heterocycles. The molecular formula is C23H19ClN4O3. The van der Waals surface area contributed by atoms with E-state index in [-0.39, 0.29) is 30.5 Å². The average molecular weight is 435 g/mol. The molecule has 0 saturated carbocycles. The van der Waals surface area contributed by atoms with Crippen molar-refractivity contribution in [1.82, 2.24) is 19.8 Å². The van der Waals surface area contributed by atoms with Gasteiger partial charge in [0.15, 0.2) is 17.1 Å². The zero-order valence-electron chi connectivity index (χ0n) is 16.7. The fourth-order valence-electron chi connectivity index (χ4n) is 4.24. The number of para-hydroxylation sites is 1. The number of aromatic hydroxyl groups is 1. The Morgan fingerprint density at radius 3 is 2.77 bits per heavy atom. The van der Waals surface area contributed by atoms with Gasteiger partial charge in [-0.05, 0) is 35.7 Å². The van der Waals surface area contributed by atoms with Gasteiger partial charge in [0.1, 0.15) is 5.75 Å². The molecule has 5 rings (SSSR count). The molecule has 0 spiro atoms. The van der Waals surface area contributed by atoms with Crippen LogP contribution in [-0.4, -0.2) is 37.8 Å². The number of hydrogen-bond donors (Lipinski definition) is 1. The molecule has 156 valence electrons. The van der Waals surface area contributed by atoms with Crippen molar-refractivity contribution in [3.8, 4) is 16.9 Å². The van der Waals surface area contributed by atoms with Crippen LogP contribution < -0.4 is 0 Å². The number of ketones is 1. The topological polar surface area (TPSA) is 89.6 Å². The standard InChI is InChI=1S/C23H19ClN4O3/c1-31-12-17-21(13-5-4-6-15(24)9-13)23-26-25-22-18(28(23)27-17)10-14(11-20(22)30)16-7-2-3-8-19(16)29/h2-9,14,29H,10-12H2,1H3. The van der Waals surface area contributed by atoms with E-state index in [9.17, 15) is 9.90 Å². The van der Waals surface area contributed by atoms with Crippen LogP contribution in [0.1, 0.15) is 39.8 Å². The molecule has 1 aliphatic rings. The number of fused-ring (bicyclic) bond motifs is 3. The second kappa shape index (κ2) is 7.76. The maximum atomic E-state index is 12.9. The predicted molar refractivity (Wildman–Crippen MR) is 115 cm³/mol. The van der Waals surface area contributed by atoms with Crippen molar-refractivity contribution in [3.05, 3.63) is 76.2 Å². The molecule has 0 aliphatic heterocycles. The number of rotatable bonds is 4. The summed E-state index contributed by atoms with van der Waals surface area (Å²) in [5.41, 5.74) is 4.59. The Bertz CT molecular complexity index is 1320. The number of hydrogen-bond acceptors (Lipinski definition) is 6. The molecule has 4 aromatic rings. The van der Waals surface area contributed by atoms with Gasteiger partial charge in [-0.1, -0.05) is 41.9 Å². The number of methoxy groups -OCH3 is 1. The van der Waals surface area contributed by atoms with Crippen LogP contribution in [-0.2, 0) is 17.8 Å². The number of ether oxygens (including phenoxy) is 1. The quantitative estimate of drug-likeness (QED) is 0.517. The normalized spacial score (nSPS) is 15.9. The van der Waals surface area contributed by atoms with E-state index in [1.54, 1.807) is 29.8 Å². The first-order chi connectivity index (χ1) is 15.1. The highest BCUT2D eigenvalue weighted by Crippen LogP contribution is 2.37. The van der Waals surface area contributed by atoms with Crippen LogP contribution in [0.25, 0.3) is 16.8 Å². The summed E-state index contributed by atoms with van der Waals surface area (Å²) >= 11 is 6.22. The SMILES string of the molecule is COCc1nn2c3c(nnc2c1-c1cccc(Cl)c1)C(=O)CC(c1ccccc1O)C3. The lowest BCUT2D eigenvalue weighted by atomic mass is 9.83. The summed E-state index contributed by atoms with van der Waals surface area (Å²) in [6.07, 6.45) is 0.770. The smallest absolute Gasteiger partial charge is 0.185 e. The van der Waals surface area contributed by atoms with Crippen LogP contribution in [0.15, 0.2) is 48.5 Å². The zero-order chi connectivity index (χ0) is 21.5. The fraction of sp³-hybridized carbons (Fsp3) is 0.217. The number of nitrogens with zero attached hydrogens (tertiary/aromatic N) is 4. The van der Waals surface area contributed by atoms with Gasteiger partial charge in [0, 0.05) is 24.5 Å². The first kappa shape index (κ1) is 19.7. The Labute approximate surface area is 183 Å². The zero-order valence-corrected chi connectivity index (χ0v) is 17.5. The van der Waals surface area contributed by atoms with Crippen LogP contribution in [0.3, 0.4) is 0 Å². The van der Waals surface area contributed by atoms with E-state index in [0.29, 0.717) is 34.2 Å². The van der Waals surface area contributed by atoms with Crippen molar-refractivity contribution in [2.45, 2.75) is 25.4 Å². The molecule has 0 fully saturated rings. The minimum atomic E-state index is -0.168. The summed E-state index contributed by atoms with van der Waals surface area (Å²) in [5.74, 6) is -0.0996. The lowest BCUT2D eigenvalue weighted by Gasteiger charge is -2.23. The number of halogens is 1. The Hall–Kier alpha value is -3.29. The number of phenols is 1. The molecule has 0 saturated heterocycles. The van der Waals surface area contributed by atoms with Gasteiger partial charge in [-0.2, -0.15) is 5.10 Å². The van der Waals surface area contributed by atoms with Gasteiger partial charge in [-0.25, -0.2) is 4.52 Å². The van der Waals surface area contributed by atoms with Gasteiger partial charge < -0.3 is 9.84 Å². The van der Waals surface area contributed by atoms with E-state index in [1.165, 1.54) is 0 Å². The van der Waals surface area contributed by atoms with Crippen molar-refractivity contribution in [2.24, 2.45) is 0 Å². The Balaban J connectivity index is 1.70. The largest absolute Gasteiger partial charge is 0.508 e. The van der Waals surface area contributed by atoms with Crippen molar-refractivity contribution in [3.63, 3.8) is 0 Å². The fourth-order valence-corrected chi connectivity index (χ4v) is 4.44. The third-order valence-corrected chi connectivity index (χ3v) is 5.85. The van der Waals surface area contributed by atoms with E-state index in [2.05, 4.69) is 10.2 Å². The number of benzene rings is 2. The number of carbonyl (C=O) groups excluding carboxylic acids is 1. The first-order valence-corrected chi connectivity index (χ1v) is 10.3. The number of aromatic nitrogens is 4. The predicted octanol–water partition coefficient (Wildman–Crippen LogP) is 4.21. The summed E-state index contributed by atoms with van der Waals surface area (Å²) in [7, 11) is 1.60. The second-order valence-corrected chi connectivity index (χ2v) is 8.02. The molecule has 2 aromatic carbocycles. The van der Waals surface area contributed by atoms with E-state index >= 15 is 0 Å². The molecule has 0 radical (unpaired) electrons. The Morgan fingerprint density at radius 2 is 2.00 bits per heavy atom. The summed E-state index contributed by atoms with van der Waals surface area (Å²) in [6, 6.07) is 14.5. The van der Waals surface area contributed by atoms with Gasteiger partial charge in [-0.15, -0.1) is 10.2 Å². The monoisotopic (exact) mass is 434 g/mol. The minimum Gasteiger partial charge on any atom is -0.508 e. The highest BCUT2D eigenvalue weighted by atomic mass is 35.5. The van der Waals surface area contributed by atoms with E-state index in [0.717, 1.165) is 16.7 Å². The summed E-state index contributed by atoms with van der Waals surface area (Å²) in [4.78, 5) is 12.9. The van der Waals surface area contributed by atoms with Crippen LogP contribution in [0.4, 0.5) is 0 Å². The van der Waals surface area contributed by atoms with Gasteiger partial charge in [0.05, 0.1) is 23.6 Å². The van der Waals surface area contributed by atoms with Crippen LogP contribution >= 0.6 is 11.6 Å². The van der Waals surface area contributed by atoms with Crippen LogP contribution in [0, 0.1) is 0 Å². The summed E-state index contributed by atoms with van der Waals surface area (Å²) in [6.45, 7) is 0.275. The maximum Gasteiger partial charge on any atom is 0.185 e. The number of Topliss-reactive ketones (excluding diaryl/α,β-unsaturated/α-hetero) is 1. The molecule has 1 unspecified atom stereocenters. The van der Waals surface area contributed by atoms with Gasteiger partial charge >= 0.3 is 0 Å². The van der Waals surface area contributed by atoms with Crippen molar-refractivity contribution < 1.29 is 14.6 Å². The lowest BCUT2D eigenvalue weighted by Crippen LogP contribution is -2.24. The van der Waals surface area contributed by atoms with Gasteiger partial charge in [-0.3, -0.25) is 4.79 Å². The highest BCUT2D eigenvalue weighted by molar-refractivity contribution is 6.30. The molecule has 0 amide bonds. The molecule has 1 N–H and O–H groups in total. The molecule has 8 heteroatoms. The van der Waals surface area contributed by atoms with E-state index < -0.39 is 0 Å².